The van der Waals surface area contributed by atoms with Crippen molar-refractivity contribution >= 4 is 6.09 Å². The number of aryl methyl sites for hydroxylation is 1. The van der Waals surface area contributed by atoms with E-state index in [-0.39, 0.29) is 31.1 Å². The van der Waals surface area contributed by atoms with Crippen LogP contribution in [0.25, 0.3) is 0 Å². The summed E-state index contributed by atoms with van der Waals surface area (Å²) in [4.78, 5) is 13.8. The number of hydrogen-bond acceptors (Lipinski definition) is 4. The molecule has 0 bridgehead atoms. The number of carbonyl (C=O) groups is 1. The maximum Gasteiger partial charge on any atom is 0.410 e. The van der Waals surface area contributed by atoms with Crippen molar-refractivity contribution in [1.29, 1.82) is 0 Å². The normalized spacial score (nSPS) is 23.3. The van der Waals surface area contributed by atoms with Gasteiger partial charge in [0, 0.05) is 26.6 Å². The van der Waals surface area contributed by atoms with Crippen LogP contribution < -0.4 is 0 Å². The molecule has 1 amide bonds. The molecule has 0 radical (unpaired) electrons. The number of ether oxygens (including phenoxy) is 3. The van der Waals surface area contributed by atoms with E-state index in [4.69, 9.17) is 14.2 Å². The lowest BCUT2D eigenvalue weighted by Crippen LogP contribution is -2.48. The van der Waals surface area contributed by atoms with Gasteiger partial charge in [-0.1, -0.05) is 31.2 Å². The van der Waals surface area contributed by atoms with Gasteiger partial charge in [0.2, 0.25) is 0 Å². The molecule has 2 rings (SSSR count). The van der Waals surface area contributed by atoms with E-state index >= 15 is 0 Å². The molecule has 1 heterocycles. The molecule has 1 aliphatic rings. The number of cyclic esters (lactones) is 1. The van der Waals surface area contributed by atoms with Crippen molar-refractivity contribution in [3.05, 3.63) is 35.4 Å². The summed E-state index contributed by atoms with van der Waals surface area (Å²) in [5.74, 6) is 0. The first kappa shape index (κ1) is 16.8. The molecule has 1 fully saturated rings. The zero-order valence-corrected chi connectivity index (χ0v) is 13.7. The average molecular weight is 307 g/mol. The fourth-order valence-electron chi connectivity index (χ4n) is 2.91. The molecule has 5 nitrogen and oxygen atoms in total. The molecule has 1 saturated heterocycles. The van der Waals surface area contributed by atoms with Crippen molar-refractivity contribution < 1.29 is 19.0 Å². The van der Waals surface area contributed by atoms with E-state index in [0.29, 0.717) is 0 Å². The fraction of sp³-hybridized carbons (Fsp3) is 0.588. The van der Waals surface area contributed by atoms with Gasteiger partial charge in [0.05, 0.1) is 0 Å². The summed E-state index contributed by atoms with van der Waals surface area (Å²) in [6, 6.07) is 8.18. The highest BCUT2D eigenvalue weighted by atomic mass is 16.7. The van der Waals surface area contributed by atoms with Crippen LogP contribution in [0.15, 0.2) is 24.3 Å². The molecule has 122 valence electrons. The van der Waals surface area contributed by atoms with Crippen LogP contribution >= 0.6 is 0 Å². The van der Waals surface area contributed by atoms with Gasteiger partial charge in [-0.25, -0.2) is 4.79 Å². The Kier molecular flexibility index (Phi) is 5.80. The van der Waals surface area contributed by atoms with Crippen LogP contribution in [-0.4, -0.2) is 44.1 Å². The van der Waals surface area contributed by atoms with Crippen molar-refractivity contribution in [2.24, 2.45) is 0 Å². The van der Waals surface area contributed by atoms with Crippen molar-refractivity contribution in [3.63, 3.8) is 0 Å². The number of rotatable bonds is 6. The van der Waals surface area contributed by atoms with Crippen LogP contribution in [0.4, 0.5) is 4.79 Å². The number of carbonyl (C=O) groups excluding carboxylic acids is 1. The van der Waals surface area contributed by atoms with E-state index in [1.54, 1.807) is 19.1 Å². The zero-order chi connectivity index (χ0) is 16.1. The summed E-state index contributed by atoms with van der Waals surface area (Å²) in [6.07, 6.45) is 0.745. The minimum absolute atomic E-state index is 0.166. The van der Waals surface area contributed by atoms with Crippen LogP contribution in [-0.2, 0) is 14.2 Å². The summed E-state index contributed by atoms with van der Waals surface area (Å²) in [6.45, 7) is 4.28. The minimum Gasteiger partial charge on any atom is -0.443 e. The Morgan fingerprint density at radius 1 is 1.41 bits per heavy atom. The molecular weight excluding hydrogens is 282 g/mol. The van der Waals surface area contributed by atoms with Crippen LogP contribution in [0.3, 0.4) is 0 Å². The SMILES string of the molecule is CCC1C[C@@H]([C@@H](OCOC)c2ccccc2C)OC(=O)N1C. The third kappa shape index (κ3) is 3.59. The van der Waals surface area contributed by atoms with Gasteiger partial charge in [-0.15, -0.1) is 0 Å². The highest BCUT2D eigenvalue weighted by Gasteiger charge is 2.38. The maximum absolute atomic E-state index is 12.1. The predicted molar refractivity (Wildman–Crippen MR) is 83.6 cm³/mol. The summed E-state index contributed by atoms with van der Waals surface area (Å²) in [5.41, 5.74) is 2.16. The number of hydrogen-bond donors (Lipinski definition) is 0. The summed E-state index contributed by atoms with van der Waals surface area (Å²) >= 11 is 0. The van der Waals surface area contributed by atoms with Gasteiger partial charge in [0.1, 0.15) is 19.0 Å². The molecule has 3 atom stereocenters. The first-order valence-corrected chi connectivity index (χ1v) is 7.68. The van der Waals surface area contributed by atoms with Gasteiger partial charge in [0.25, 0.3) is 0 Å². The van der Waals surface area contributed by atoms with E-state index < -0.39 is 0 Å². The molecule has 0 aromatic heterocycles. The fourth-order valence-corrected chi connectivity index (χ4v) is 2.91. The number of amides is 1. The largest absolute Gasteiger partial charge is 0.443 e. The second-order valence-electron chi connectivity index (χ2n) is 5.68. The first-order chi connectivity index (χ1) is 10.6. The van der Waals surface area contributed by atoms with Crippen molar-refractivity contribution in [2.45, 2.75) is 44.9 Å². The topological polar surface area (TPSA) is 48.0 Å². The molecule has 1 aromatic rings. The van der Waals surface area contributed by atoms with Gasteiger partial charge < -0.3 is 19.1 Å². The molecule has 1 aromatic carbocycles. The standard InChI is InChI=1S/C17H25NO4/c1-5-13-10-15(22-17(19)18(13)3)16(21-11-20-4)14-9-7-6-8-12(14)2/h6-9,13,15-16H,5,10-11H2,1-4H3/t13?,15-,16-/m0/s1. The van der Waals surface area contributed by atoms with E-state index in [1.165, 1.54) is 0 Å². The Morgan fingerprint density at radius 2 is 2.14 bits per heavy atom. The second-order valence-corrected chi connectivity index (χ2v) is 5.68. The Morgan fingerprint density at radius 3 is 2.77 bits per heavy atom. The van der Waals surface area contributed by atoms with Gasteiger partial charge in [-0.05, 0) is 24.5 Å². The molecule has 0 N–H and O–H groups in total. The van der Waals surface area contributed by atoms with Crippen LogP contribution in [0.5, 0.6) is 0 Å². The van der Waals surface area contributed by atoms with Gasteiger partial charge in [0.15, 0.2) is 0 Å². The molecule has 22 heavy (non-hydrogen) atoms. The van der Waals surface area contributed by atoms with Gasteiger partial charge >= 0.3 is 6.09 Å². The van der Waals surface area contributed by atoms with Crippen LogP contribution in [0, 0.1) is 6.92 Å². The predicted octanol–water partition coefficient (Wildman–Crippen LogP) is 3.28. The third-order valence-electron chi connectivity index (χ3n) is 4.26. The Labute approximate surface area is 132 Å². The van der Waals surface area contributed by atoms with E-state index in [2.05, 4.69) is 6.92 Å². The highest BCUT2D eigenvalue weighted by molar-refractivity contribution is 5.68. The number of methoxy groups -OCH3 is 1. The highest BCUT2D eigenvalue weighted by Crippen LogP contribution is 2.33. The minimum atomic E-state index is -0.312. The zero-order valence-electron chi connectivity index (χ0n) is 13.7. The van der Waals surface area contributed by atoms with E-state index in [9.17, 15) is 4.79 Å². The Hall–Kier alpha value is -1.59. The lowest BCUT2D eigenvalue weighted by molar-refractivity contribution is -0.133. The smallest absolute Gasteiger partial charge is 0.410 e. The lowest BCUT2D eigenvalue weighted by Gasteiger charge is -2.39. The first-order valence-electron chi connectivity index (χ1n) is 7.68. The summed E-state index contributed by atoms with van der Waals surface area (Å²) in [7, 11) is 3.37. The molecule has 1 unspecified atom stereocenters. The van der Waals surface area contributed by atoms with Gasteiger partial charge in [-0.2, -0.15) is 0 Å². The molecular formula is C17H25NO4. The van der Waals surface area contributed by atoms with Crippen molar-refractivity contribution in [3.8, 4) is 0 Å². The molecule has 1 aliphatic heterocycles. The molecule has 0 spiro atoms. The Balaban J connectivity index is 2.25. The van der Waals surface area contributed by atoms with Crippen molar-refractivity contribution in [1.82, 2.24) is 4.90 Å². The quantitative estimate of drug-likeness (QED) is 0.757. The van der Waals surface area contributed by atoms with E-state index in [0.717, 1.165) is 24.0 Å². The monoisotopic (exact) mass is 307 g/mol. The van der Waals surface area contributed by atoms with Crippen molar-refractivity contribution in [2.75, 3.05) is 21.0 Å². The van der Waals surface area contributed by atoms with Crippen LogP contribution in [0.1, 0.15) is 37.0 Å². The summed E-state index contributed by atoms with van der Waals surface area (Å²) in [5, 5.41) is 0. The van der Waals surface area contributed by atoms with E-state index in [1.807, 2.05) is 31.2 Å². The number of nitrogens with zero attached hydrogens (tertiary/aromatic N) is 1. The van der Waals surface area contributed by atoms with Crippen LogP contribution in [0.2, 0.25) is 0 Å². The summed E-state index contributed by atoms with van der Waals surface area (Å²) < 4.78 is 16.5. The number of benzene rings is 1. The second kappa shape index (κ2) is 7.61. The average Bonchev–Trinajstić information content (AvgIpc) is 2.52. The molecule has 0 saturated carbocycles. The Bertz CT molecular complexity index is 505. The third-order valence-corrected chi connectivity index (χ3v) is 4.26. The molecule has 0 aliphatic carbocycles. The molecule has 5 heteroatoms. The van der Waals surface area contributed by atoms with Gasteiger partial charge in [-0.3, -0.25) is 0 Å². The lowest BCUT2D eigenvalue weighted by atomic mass is 9.93. The maximum atomic E-state index is 12.1.